The zero-order valence-electron chi connectivity index (χ0n) is 54.3. The standard InChI is InChI=1S/C47H55NO5SSi.C30H35NO6S/c1-5-6-16-29-48(30-17-18-31-53-55(47(2,3)4,40-21-12-8-13-22-40)41-23-14-9-15-24-41)39-27-25-38(42(34-39)52-36-37-19-10-7-11-20-37)26-28-43-45-46(44(35-49)54-43)51-33-32-50-45;32-16-6-4-14-31(15-5-7-17-33)25-12-10-24(26(20-25)37-22-23-8-2-1-3-9-23)11-13-27-29-30(28(21-34)38-27)36-19-18-35-29/h7-15,19-28,34-35H,5-6,16-18,29-33,36H2,1-4H3;1-3,8-13,20-21,32-33H,4-7,14-19,22H2/b28-26+;13-11+. The van der Waals surface area contributed by atoms with Crippen LogP contribution in [0.25, 0.3) is 24.3 Å². The normalized spacial score (nSPS) is 12.8. The number of anilines is 2. The van der Waals surface area contributed by atoms with Gasteiger partial charge in [0, 0.05) is 80.6 Å². The molecule has 16 heteroatoms. The molecule has 2 aliphatic rings. The van der Waals surface area contributed by atoms with Crippen LogP contribution < -0.4 is 48.6 Å². The van der Waals surface area contributed by atoms with E-state index in [-0.39, 0.29) is 18.3 Å². The summed E-state index contributed by atoms with van der Waals surface area (Å²) >= 11 is 2.73. The van der Waals surface area contributed by atoms with E-state index in [0.29, 0.717) is 79.0 Å². The van der Waals surface area contributed by atoms with E-state index < -0.39 is 8.32 Å². The summed E-state index contributed by atoms with van der Waals surface area (Å²) in [5.74, 6) is 3.87. The van der Waals surface area contributed by atoms with Crippen LogP contribution in [0.15, 0.2) is 158 Å². The molecule has 6 aromatic carbocycles. The Morgan fingerprint density at radius 1 is 0.473 bits per heavy atom. The number of ether oxygens (including phenoxy) is 6. The molecule has 0 fully saturated rings. The molecule has 10 rings (SSSR count). The summed E-state index contributed by atoms with van der Waals surface area (Å²) < 4.78 is 43.3. The quantitative estimate of drug-likeness (QED) is 0.0224. The van der Waals surface area contributed by atoms with Gasteiger partial charge in [0.2, 0.25) is 0 Å². The number of fused-ring (bicyclic) bond motifs is 2. The van der Waals surface area contributed by atoms with Crippen LogP contribution in [0.5, 0.6) is 34.5 Å². The van der Waals surface area contributed by atoms with Crippen LogP contribution in [0.4, 0.5) is 11.4 Å². The Balaban J connectivity index is 0.000000235. The number of aliphatic hydroxyl groups is 2. The molecule has 0 radical (unpaired) electrons. The minimum absolute atomic E-state index is 0.0470. The van der Waals surface area contributed by atoms with Crippen LogP contribution >= 0.6 is 22.7 Å². The van der Waals surface area contributed by atoms with Crippen molar-refractivity contribution in [3.8, 4) is 34.5 Å². The van der Waals surface area contributed by atoms with Crippen molar-refractivity contribution in [1.82, 2.24) is 0 Å². The van der Waals surface area contributed by atoms with Crippen LogP contribution in [-0.4, -0.2) is 104 Å². The molecule has 0 saturated heterocycles. The van der Waals surface area contributed by atoms with E-state index in [1.807, 2.05) is 78.9 Å². The second-order valence-electron chi connectivity index (χ2n) is 24.0. The number of carbonyl (C=O) groups is 2. The Morgan fingerprint density at radius 3 is 1.23 bits per heavy atom. The van der Waals surface area contributed by atoms with Gasteiger partial charge < -0.3 is 52.9 Å². The molecular formula is C77H90N2O11S2Si. The molecule has 490 valence electrons. The van der Waals surface area contributed by atoms with Crippen LogP contribution in [0.2, 0.25) is 5.04 Å². The molecule has 2 aliphatic heterocycles. The van der Waals surface area contributed by atoms with Gasteiger partial charge in [0.1, 0.15) is 60.9 Å². The summed E-state index contributed by atoms with van der Waals surface area (Å²) in [4.78, 5) is 30.8. The number of thiophene rings is 2. The second kappa shape index (κ2) is 35.9. The highest BCUT2D eigenvalue weighted by molar-refractivity contribution is 7.15. The fourth-order valence-electron chi connectivity index (χ4n) is 11.6. The number of carbonyl (C=O) groups excluding carboxylic acids is 2. The van der Waals surface area contributed by atoms with Crippen LogP contribution in [-0.2, 0) is 17.6 Å². The first kappa shape index (κ1) is 69.4. The molecule has 0 amide bonds. The molecule has 2 N–H and O–H groups in total. The van der Waals surface area contributed by atoms with Gasteiger partial charge in [0.05, 0.1) is 9.75 Å². The maximum absolute atomic E-state index is 11.8. The van der Waals surface area contributed by atoms with Crippen molar-refractivity contribution in [2.24, 2.45) is 0 Å². The largest absolute Gasteiger partial charge is 0.488 e. The lowest BCUT2D eigenvalue weighted by atomic mass is 10.1. The summed E-state index contributed by atoms with van der Waals surface area (Å²) in [7, 11) is -2.58. The second-order valence-corrected chi connectivity index (χ2v) is 30.5. The van der Waals surface area contributed by atoms with Gasteiger partial charge in [-0.15, -0.1) is 22.7 Å². The van der Waals surface area contributed by atoms with Gasteiger partial charge >= 0.3 is 0 Å². The van der Waals surface area contributed by atoms with E-state index in [1.165, 1.54) is 45.9 Å². The SMILES string of the molecule is CCCCCN(CCCCO[Si](c1ccccc1)(c1ccccc1)C(C)(C)C)c1ccc(/C=C/c2sc(C=O)c3c2OCCO3)c(OCc2ccccc2)c1.O=Cc1sc(/C=C/c2ccc(N(CCCCO)CCCCO)cc2OCc2ccccc2)c2c1OCCO2. The molecule has 0 saturated carbocycles. The minimum Gasteiger partial charge on any atom is -0.488 e. The van der Waals surface area contributed by atoms with E-state index in [0.717, 1.165) is 139 Å². The van der Waals surface area contributed by atoms with Gasteiger partial charge in [-0.2, -0.15) is 0 Å². The zero-order chi connectivity index (χ0) is 65.1. The molecule has 0 aliphatic carbocycles. The van der Waals surface area contributed by atoms with Gasteiger partial charge in [-0.25, -0.2) is 0 Å². The molecule has 0 unspecified atom stereocenters. The lowest BCUT2D eigenvalue weighted by molar-refractivity contribution is 0.110. The Kier molecular flexibility index (Phi) is 26.8. The average Bonchev–Trinajstić information content (AvgIpc) is 1.58. The molecule has 0 spiro atoms. The predicted octanol–water partition coefficient (Wildman–Crippen LogP) is 15.9. The van der Waals surface area contributed by atoms with Gasteiger partial charge in [-0.1, -0.05) is 162 Å². The summed E-state index contributed by atoms with van der Waals surface area (Å²) in [6.45, 7) is 16.5. The molecule has 0 bridgehead atoms. The smallest absolute Gasteiger partial charge is 0.261 e. The highest BCUT2D eigenvalue weighted by Crippen LogP contribution is 2.46. The Morgan fingerprint density at radius 2 is 0.849 bits per heavy atom. The number of benzene rings is 6. The van der Waals surface area contributed by atoms with Crippen molar-refractivity contribution in [2.75, 3.05) is 82.2 Å². The lowest BCUT2D eigenvalue weighted by Crippen LogP contribution is -2.66. The number of aldehydes is 2. The lowest BCUT2D eigenvalue weighted by Gasteiger charge is -2.43. The van der Waals surface area contributed by atoms with Gasteiger partial charge in [-0.05, 0) is 120 Å². The van der Waals surface area contributed by atoms with Crippen molar-refractivity contribution in [2.45, 2.75) is 104 Å². The van der Waals surface area contributed by atoms with Crippen molar-refractivity contribution in [3.63, 3.8) is 0 Å². The molecule has 13 nitrogen and oxygen atoms in total. The fourth-order valence-corrected chi connectivity index (χ4v) is 18.1. The van der Waals surface area contributed by atoms with E-state index >= 15 is 0 Å². The summed E-state index contributed by atoms with van der Waals surface area (Å²) in [6, 6.07) is 54.8. The van der Waals surface area contributed by atoms with Crippen molar-refractivity contribution < 1.29 is 52.6 Å². The number of rotatable bonds is 34. The van der Waals surface area contributed by atoms with Crippen LogP contribution in [0.3, 0.4) is 0 Å². The zero-order valence-corrected chi connectivity index (χ0v) is 56.9. The van der Waals surface area contributed by atoms with Gasteiger partial charge in [-0.3, -0.25) is 9.59 Å². The molecule has 93 heavy (non-hydrogen) atoms. The number of hydrogen-bond donors (Lipinski definition) is 2. The van der Waals surface area contributed by atoms with Crippen molar-refractivity contribution in [1.29, 1.82) is 0 Å². The van der Waals surface area contributed by atoms with E-state index in [2.05, 4.69) is 141 Å². The first-order chi connectivity index (χ1) is 45.6. The summed E-state index contributed by atoms with van der Waals surface area (Å²) in [5, 5.41) is 21.1. The number of nitrogens with zero attached hydrogens (tertiary/aromatic N) is 2. The minimum atomic E-state index is -2.58. The predicted molar refractivity (Wildman–Crippen MR) is 383 cm³/mol. The maximum Gasteiger partial charge on any atom is 0.261 e. The third-order valence-corrected chi connectivity index (χ3v) is 23.5. The Bertz CT molecular complexity index is 3580. The first-order valence-electron chi connectivity index (χ1n) is 32.8. The molecular weight excluding hydrogens is 1220 g/mol. The first-order valence-corrected chi connectivity index (χ1v) is 36.3. The number of hydrogen-bond acceptors (Lipinski definition) is 15. The van der Waals surface area contributed by atoms with E-state index in [1.54, 1.807) is 0 Å². The van der Waals surface area contributed by atoms with E-state index in [9.17, 15) is 19.8 Å². The van der Waals surface area contributed by atoms with Gasteiger partial charge in [0.25, 0.3) is 8.32 Å². The van der Waals surface area contributed by atoms with Crippen molar-refractivity contribution in [3.05, 3.63) is 199 Å². The maximum atomic E-state index is 11.8. The average molecular weight is 1310 g/mol. The fraction of sp³-hybridized carbons (Fsp3) is 0.351. The topological polar surface area (TPSA) is 146 Å². The molecule has 0 atom stereocenters. The highest BCUT2D eigenvalue weighted by Gasteiger charge is 2.50. The summed E-state index contributed by atoms with van der Waals surface area (Å²) in [5.41, 5.74) is 6.23. The Labute approximate surface area is 559 Å². The highest BCUT2D eigenvalue weighted by atomic mass is 32.1. The monoisotopic (exact) mass is 1310 g/mol. The third kappa shape index (κ3) is 18.9. The Hall–Kier alpha value is -7.96. The molecule has 8 aromatic rings. The molecule has 2 aromatic heterocycles. The van der Waals surface area contributed by atoms with E-state index in [4.69, 9.17) is 32.8 Å². The van der Waals surface area contributed by atoms with Gasteiger partial charge in [0.15, 0.2) is 35.6 Å². The molecule has 4 heterocycles. The third-order valence-electron chi connectivity index (χ3n) is 16.4. The van der Waals surface area contributed by atoms with Crippen LogP contribution in [0.1, 0.15) is 137 Å². The van der Waals surface area contributed by atoms with Crippen molar-refractivity contribution >= 4 is 89.6 Å². The van der Waals surface area contributed by atoms with Crippen LogP contribution in [0, 0.1) is 0 Å². The number of unbranched alkanes of at least 4 members (excludes halogenated alkanes) is 5. The number of aliphatic hydroxyl groups excluding tert-OH is 2. The summed E-state index contributed by atoms with van der Waals surface area (Å²) in [6.07, 6.45) is 18.3.